The third-order valence-corrected chi connectivity index (χ3v) is 4.67. The van der Waals surface area contributed by atoms with E-state index in [1.165, 1.54) is 6.26 Å². The summed E-state index contributed by atoms with van der Waals surface area (Å²) in [7, 11) is -3.15. The van der Waals surface area contributed by atoms with Crippen LogP contribution in [0.25, 0.3) is 11.0 Å². The minimum atomic E-state index is -3.15. The first-order valence-electron chi connectivity index (χ1n) is 6.75. The lowest BCUT2D eigenvalue weighted by molar-refractivity contribution is 0.299. The number of hydrogen-bond acceptors (Lipinski definition) is 5. The molecule has 2 aromatic rings. The van der Waals surface area contributed by atoms with Crippen LogP contribution in [-0.4, -0.2) is 40.5 Å². The van der Waals surface area contributed by atoms with Gasteiger partial charge in [0, 0.05) is 12.2 Å². The maximum absolute atomic E-state index is 11.3. The number of sulfonamides is 1. The topological polar surface area (TPSA) is 89.8 Å². The highest BCUT2D eigenvalue weighted by Crippen LogP contribution is 2.30. The van der Waals surface area contributed by atoms with Gasteiger partial charge in [-0.05, 0) is 37.3 Å². The molecule has 0 radical (unpaired) electrons. The first kappa shape index (κ1) is 14.7. The van der Waals surface area contributed by atoms with E-state index in [-0.39, 0.29) is 17.4 Å². The zero-order chi connectivity index (χ0) is 15.0. The minimum Gasteiger partial charge on any atom is -0.244 e. The van der Waals surface area contributed by atoms with E-state index in [0.29, 0.717) is 0 Å². The van der Waals surface area contributed by atoms with Crippen LogP contribution in [0.2, 0.25) is 5.28 Å². The van der Waals surface area contributed by atoms with E-state index in [1.807, 2.05) is 4.68 Å². The second-order valence-corrected chi connectivity index (χ2v) is 7.52. The number of hydrogen-bond donors (Lipinski definition) is 1. The number of rotatable bonds is 3. The van der Waals surface area contributed by atoms with Gasteiger partial charge < -0.3 is 0 Å². The molecule has 0 bridgehead atoms. The standard InChI is InChI=1S/C12H16ClN5O2S/c1-21(19,20)17-9-2-4-10(5-3-9)18-11-8(7-15-18)6-14-12(13)16-11/h6-7,9-10,17H,2-5H2,1H3/t9-,10-. The molecule has 1 aliphatic carbocycles. The Balaban J connectivity index is 1.75. The van der Waals surface area contributed by atoms with Crippen molar-refractivity contribution >= 4 is 32.7 Å². The molecule has 9 heteroatoms. The van der Waals surface area contributed by atoms with Crippen LogP contribution in [0.15, 0.2) is 12.4 Å². The van der Waals surface area contributed by atoms with Gasteiger partial charge in [0.05, 0.1) is 23.9 Å². The van der Waals surface area contributed by atoms with Gasteiger partial charge in [0.2, 0.25) is 15.3 Å². The van der Waals surface area contributed by atoms with Gasteiger partial charge in [0.15, 0.2) is 5.65 Å². The largest absolute Gasteiger partial charge is 0.244 e. The number of aromatic nitrogens is 4. The first-order valence-corrected chi connectivity index (χ1v) is 9.02. The molecule has 0 aromatic carbocycles. The van der Waals surface area contributed by atoms with Gasteiger partial charge in [0.25, 0.3) is 0 Å². The van der Waals surface area contributed by atoms with Gasteiger partial charge in [-0.2, -0.15) is 10.1 Å². The average molecular weight is 330 g/mol. The molecule has 1 saturated carbocycles. The lowest BCUT2D eigenvalue weighted by Crippen LogP contribution is -2.37. The van der Waals surface area contributed by atoms with Crippen molar-refractivity contribution < 1.29 is 8.42 Å². The predicted molar refractivity (Wildman–Crippen MR) is 79.6 cm³/mol. The van der Waals surface area contributed by atoms with Crippen LogP contribution in [0.1, 0.15) is 31.7 Å². The van der Waals surface area contributed by atoms with Crippen molar-refractivity contribution in [2.45, 2.75) is 37.8 Å². The zero-order valence-corrected chi connectivity index (χ0v) is 13.1. The van der Waals surface area contributed by atoms with Gasteiger partial charge >= 0.3 is 0 Å². The molecule has 1 aliphatic rings. The lowest BCUT2D eigenvalue weighted by atomic mass is 9.92. The van der Waals surface area contributed by atoms with Gasteiger partial charge in [-0.25, -0.2) is 22.8 Å². The van der Waals surface area contributed by atoms with Gasteiger partial charge in [0.1, 0.15) is 0 Å². The molecule has 0 atom stereocenters. The molecule has 1 N–H and O–H groups in total. The second-order valence-electron chi connectivity index (χ2n) is 5.40. The molecule has 2 heterocycles. The van der Waals surface area contributed by atoms with Crippen LogP contribution >= 0.6 is 11.6 Å². The number of halogens is 1. The SMILES string of the molecule is CS(=O)(=O)N[C@H]1CC[C@H](n2ncc3cnc(Cl)nc32)CC1. The van der Waals surface area contributed by atoms with Crippen LogP contribution in [0.3, 0.4) is 0 Å². The Labute approximate surface area is 127 Å². The van der Waals surface area contributed by atoms with Crippen LogP contribution in [0, 0.1) is 0 Å². The van der Waals surface area contributed by atoms with E-state index < -0.39 is 10.0 Å². The summed E-state index contributed by atoms with van der Waals surface area (Å²) >= 11 is 5.84. The maximum Gasteiger partial charge on any atom is 0.224 e. The second kappa shape index (κ2) is 5.51. The van der Waals surface area contributed by atoms with Crippen LogP contribution in [0.4, 0.5) is 0 Å². The Kier molecular flexibility index (Phi) is 3.85. The number of nitrogens with zero attached hydrogens (tertiary/aromatic N) is 4. The zero-order valence-electron chi connectivity index (χ0n) is 11.5. The fraction of sp³-hybridized carbons (Fsp3) is 0.583. The molecule has 0 amide bonds. The third kappa shape index (κ3) is 3.33. The molecule has 0 saturated heterocycles. The molecule has 0 unspecified atom stereocenters. The Bertz CT molecular complexity index is 752. The molecule has 2 aromatic heterocycles. The molecule has 3 rings (SSSR count). The Hall–Kier alpha value is -1.25. The fourth-order valence-corrected chi connectivity index (χ4v) is 3.79. The van der Waals surface area contributed by atoms with Gasteiger partial charge in [-0.3, -0.25) is 0 Å². The lowest BCUT2D eigenvalue weighted by Gasteiger charge is -2.28. The normalized spacial score (nSPS) is 23.5. The Morgan fingerprint density at radius 3 is 2.67 bits per heavy atom. The summed E-state index contributed by atoms with van der Waals surface area (Å²) in [6, 6.07) is 0.224. The van der Waals surface area contributed by atoms with E-state index in [4.69, 9.17) is 11.6 Å². The van der Waals surface area contributed by atoms with Crippen molar-refractivity contribution in [1.82, 2.24) is 24.5 Å². The van der Waals surface area contributed by atoms with E-state index in [9.17, 15) is 8.42 Å². The van der Waals surface area contributed by atoms with Crippen molar-refractivity contribution in [2.75, 3.05) is 6.26 Å². The van der Waals surface area contributed by atoms with Gasteiger partial charge in [-0.15, -0.1) is 0 Å². The van der Waals surface area contributed by atoms with E-state index in [2.05, 4.69) is 19.8 Å². The number of fused-ring (bicyclic) bond motifs is 1. The highest BCUT2D eigenvalue weighted by Gasteiger charge is 2.26. The fourth-order valence-electron chi connectivity index (χ4n) is 2.82. The van der Waals surface area contributed by atoms with Crippen molar-refractivity contribution in [2.24, 2.45) is 0 Å². The molecular formula is C12H16ClN5O2S. The Morgan fingerprint density at radius 1 is 1.29 bits per heavy atom. The molecule has 21 heavy (non-hydrogen) atoms. The van der Waals surface area contributed by atoms with Crippen LogP contribution in [-0.2, 0) is 10.0 Å². The first-order chi connectivity index (χ1) is 9.92. The summed E-state index contributed by atoms with van der Waals surface area (Å²) in [4.78, 5) is 8.17. The predicted octanol–water partition coefficient (Wildman–Crippen LogP) is 1.51. The summed E-state index contributed by atoms with van der Waals surface area (Å²) in [5.74, 6) is 0. The summed E-state index contributed by atoms with van der Waals surface area (Å²) in [5, 5.41) is 5.44. The summed E-state index contributed by atoms with van der Waals surface area (Å²) in [6.07, 6.45) is 7.86. The quantitative estimate of drug-likeness (QED) is 0.862. The monoisotopic (exact) mass is 329 g/mol. The molecule has 0 spiro atoms. The van der Waals surface area contributed by atoms with E-state index in [0.717, 1.165) is 36.7 Å². The summed E-state index contributed by atoms with van der Waals surface area (Å²) in [5.41, 5.74) is 0.731. The Morgan fingerprint density at radius 2 is 2.00 bits per heavy atom. The van der Waals surface area contributed by atoms with Crippen LogP contribution < -0.4 is 4.72 Å². The van der Waals surface area contributed by atoms with Crippen molar-refractivity contribution in [3.8, 4) is 0 Å². The van der Waals surface area contributed by atoms with Crippen molar-refractivity contribution in [3.05, 3.63) is 17.7 Å². The average Bonchev–Trinajstić information content (AvgIpc) is 2.81. The number of nitrogens with one attached hydrogen (secondary N) is 1. The van der Waals surface area contributed by atoms with Crippen LogP contribution in [0.5, 0.6) is 0 Å². The van der Waals surface area contributed by atoms with E-state index in [1.54, 1.807) is 12.4 Å². The molecule has 7 nitrogen and oxygen atoms in total. The van der Waals surface area contributed by atoms with Crippen molar-refractivity contribution in [3.63, 3.8) is 0 Å². The van der Waals surface area contributed by atoms with Crippen molar-refractivity contribution in [1.29, 1.82) is 0 Å². The molecular weight excluding hydrogens is 314 g/mol. The molecule has 0 aliphatic heterocycles. The third-order valence-electron chi connectivity index (χ3n) is 3.73. The smallest absolute Gasteiger partial charge is 0.224 e. The highest BCUT2D eigenvalue weighted by atomic mass is 35.5. The highest BCUT2D eigenvalue weighted by molar-refractivity contribution is 7.88. The van der Waals surface area contributed by atoms with E-state index >= 15 is 0 Å². The molecule has 114 valence electrons. The summed E-state index contributed by atoms with van der Waals surface area (Å²) in [6.45, 7) is 0. The molecule has 1 fully saturated rings. The maximum atomic E-state index is 11.3. The summed E-state index contributed by atoms with van der Waals surface area (Å²) < 4.78 is 27.1. The minimum absolute atomic E-state index is 0.0105. The van der Waals surface area contributed by atoms with Gasteiger partial charge in [-0.1, -0.05) is 0 Å².